The van der Waals surface area contributed by atoms with Crippen molar-refractivity contribution in [3.8, 4) is 23.0 Å². The Morgan fingerprint density at radius 1 is 0.559 bits per heavy atom. The van der Waals surface area contributed by atoms with Crippen LogP contribution in [0.5, 0.6) is 23.0 Å². The normalized spacial score (nSPS) is 12.2. The molecule has 0 saturated heterocycles. The number of hydrogen-bond donors (Lipinski definition) is 1. The van der Waals surface area contributed by atoms with Crippen molar-refractivity contribution in [2.75, 3.05) is 31.9 Å². The predicted octanol–water partition coefficient (Wildman–Crippen LogP) is 13.0. The van der Waals surface area contributed by atoms with E-state index in [2.05, 4.69) is 67.7 Å². The van der Waals surface area contributed by atoms with Gasteiger partial charge in [-0.25, -0.2) is 0 Å². The van der Waals surface area contributed by atoms with E-state index in [0.29, 0.717) is 37.7 Å². The minimum absolute atomic E-state index is 0.00539. The lowest BCUT2D eigenvalue weighted by Gasteiger charge is -2.22. The number of non-ortho nitro benzene ring substituents is 1. The number of nitrogens with one attached hydrogen (secondary N) is 1. The van der Waals surface area contributed by atoms with Gasteiger partial charge in [-0.1, -0.05) is 99.0 Å². The molecule has 0 spiro atoms. The van der Waals surface area contributed by atoms with Crippen molar-refractivity contribution < 1.29 is 28.8 Å². The first kappa shape index (κ1) is 43.5. The lowest BCUT2D eigenvalue weighted by Crippen LogP contribution is -2.04. The lowest BCUT2D eigenvalue weighted by molar-refractivity contribution is -0.393. The Morgan fingerprint density at radius 2 is 0.983 bits per heavy atom. The maximum Gasteiger partial charge on any atom is 0.301 e. The minimum atomic E-state index is -0.683. The number of rotatable bonds is 17. The van der Waals surface area contributed by atoms with Gasteiger partial charge in [-0.05, 0) is 74.2 Å². The molecule has 5 aromatic carbocycles. The fourth-order valence-electron chi connectivity index (χ4n) is 5.71. The third-order valence-corrected chi connectivity index (χ3v) is 12.8. The molecule has 0 amide bonds. The molecule has 0 aliphatic carbocycles. The molecule has 0 fully saturated rings. The van der Waals surface area contributed by atoms with Crippen LogP contribution in [0.25, 0.3) is 0 Å². The van der Waals surface area contributed by atoms with Gasteiger partial charge in [-0.2, -0.15) is 5.10 Å². The summed E-state index contributed by atoms with van der Waals surface area (Å²) in [5.74, 6) is 2.93. The number of fused-ring (bicyclic) bond motifs is 8. The molecule has 6 rings (SSSR count). The molecule has 0 aromatic heterocycles. The summed E-state index contributed by atoms with van der Waals surface area (Å²) in [6.07, 6.45) is 4.81. The number of ether oxygens (including phenoxy) is 4. The van der Waals surface area contributed by atoms with E-state index in [9.17, 15) is 20.2 Å². The summed E-state index contributed by atoms with van der Waals surface area (Å²) in [7, 11) is 0. The molecule has 1 heterocycles. The molecule has 8 bridgehead atoms. The van der Waals surface area contributed by atoms with Gasteiger partial charge in [0.15, 0.2) is 0 Å². The maximum atomic E-state index is 11.9. The molecular weight excluding hydrogens is 829 g/mol. The Labute approximate surface area is 360 Å². The molecule has 5 aromatic rings. The highest BCUT2D eigenvalue weighted by Gasteiger charge is 2.25. The van der Waals surface area contributed by atoms with Crippen molar-refractivity contribution in [1.29, 1.82) is 0 Å². The smallest absolute Gasteiger partial charge is 0.301 e. The van der Waals surface area contributed by atoms with E-state index in [1.54, 1.807) is 41.5 Å². The molecule has 0 unspecified atom stereocenters. The van der Waals surface area contributed by atoms with E-state index in [4.69, 9.17) is 18.9 Å². The van der Waals surface area contributed by atoms with Crippen LogP contribution in [0.1, 0.15) is 58.9 Å². The second-order valence-electron chi connectivity index (χ2n) is 12.9. The van der Waals surface area contributed by atoms with Gasteiger partial charge in [0.05, 0.1) is 87.7 Å². The first-order chi connectivity index (χ1) is 28.8. The van der Waals surface area contributed by atoms with E-state index in [1.165, 1.54) is 23.9 Å². The number of benzene rings is 5. The highest BCUT2D eigenvalue weighted by Crippen LogP contribution is 2.54. The SMILES string of the molecule is CCCOc1c2cccc1Sc1cccc(c1OCCC)Sc1c(/C=N/Nc3ccc([N+](=O)[O-])cc3[N+](=O)[O-])ccc(c1OCCC)Sc1cccc(c1OCCC)S2. The van der Waals surface area contributed by atoms with Gasteiger partial charge in [0.1, 0.15) is 28.7 Å². The van der Waals surface area contributed by atoms with Crippen LogP contribution in [0.2, 0.25) is 0 Å². The molecular formula is C43H44N4O8S4. The second kappa shape index (κ2) is 21.3. The number of anilines is 1. The van der Waals surface area contributed by atoms with Crippen molar-refractivity contribution in [1.82, 2.24) is 0 Å². The van der Waals surface area contributed by atoms with Gasteiger partial charge in [0.2, 0.25) is 0 Å². The summed E-state index contributed by atoms with van der Waals surface area (Å²) in [5.41, 5.74) is 2.55. The zero-order chi connectivity index (χ0) is 41.7. The number of nitro benzene ring substituents is 2. The number of hydrogen-bond acceptors (Lipinski definition) is 14. The van der Waals surface area contributed by atoms with Crippen molar-refractivity contribution in [3.05, 3.63) is 111 Å². The standard InChI is InChI=1S/C43H44N4O8S4/c1-5-22-52-39-32-12-9-13-33(39)57-36-16-11-17-37(41(36)54-24-7-3)59-43-28(27-44-45-30-20-19-29(46(48)49)26-31(30)47(50)51)18-21-38(42(43)55-25-8-4)58-35-15-10-14-34(56-32)40(35)53-23-6-2/h9-21,26-27,45H,5-8,22-25H2,1-4H3/b44-27+. The molecule has 308 valence electrons. The summed E-state index contributed by atoms with van der Waals surface area (Å²) in [5, 5.41) is 27.6. The van der Waals surface area contributed by atoms with Crippen molar-refractivity contribution >= 4 is 70.3 Å². The summed E-state index contributed by atoms with van der Waals surface area (Å²) >= 11 is 6.23. The molecule has 59 heavy (non-hydrogen) atoms. The Balaban J connectivity index is 1.56. The first-order valence-corrected chi connectivity index (χ1v) is 22.5. The average Bonchev–Trinajstić information content (AvgIpc) is 3.23. The van der Waals surface area contributed by atoms with Crippen LogP contribution in [0, 0.1) is 20.2 Å². The second-order valence-corrected chi connectivity index (χ2v) is 17.3. The van der Waals surface area contributed by atoms with Crippen LogP contribution in [-0.4, -0.2) is 42.5 Å². The average molecular weight is 873 g/mol. The number of nitro groups is 2. The maximum absolute atomic E-state index is 11.9. The molecule has 1 aliphatic rings. The van der Waals surface area contributed by atoms with E-state index in [1.807, 2.05) is 37.3 Å². The molecule has 1 aliphatic heterocycles. The summed E-state index contributed by atoms with van der Waals surface area (Å²) in [6.45, 7) is 10.3. The number of hydrazone groups is 1. The van der Waals surface area contributed by atoms with Crippen LogP contribution in [0.15, 0.2) is 129 Å². The van der Waals surface area contributed by atoms with Crippen molar-refractivity contribution in [3.63, 3.8) is 0 Å². The van der Waals surface area contributed by atoms with Gasteiger partial charge in [0, 0.05) is 11.6 Å². The fourth-order valence-corrected chi connectivity index (χ4v) is 10.2. The molecule has 0 radical (unpaired) electrons. The lowest BCUT2D eigenvalue weighted by atomic mass is 10.2. The summed E-state index contributed by atoms with van der Waals surface area (Å²) in [4.78, 5) is 29.0. The number of nitrogens with zero attached hydrogens (tertiary/aromatic N) is 3. The van der Waals surface area contributed by atoms with Crippen molar-refractivity contribution in [2.45, 2.75) is 92.5 Å². The van der Waals surface area contributed by atoms with Gasteiger partial charge in [0.25, 0.3) is 5.69 Å². The number of para-hydroxylation sites is 3. The monoisotopic (exact) mass is 872 g/mol. The molecule has 0 atom stereocenters. The Hall–Kier alpha value is -5.03. The quantitative estimate of drug-likeness (QED) is 0.0527. The van der Waals surface area contributed by atoms with Crippen LogP contribution in [0.3, 0.4) is 0 Å². The molecule has 16 heteroatoms. The summed E-state index contributed by atoms with van der Waals surface area (Å²) in [6, 6.07) is 25.7. The van der Waals surface area contributed by atoms with Crippen LogP contribution in [-0.2, 0) is 0 Å². The molecule has 12 nitrogen and oxygen atoms in total. The third kappa shape index (κ3) is 10.8. The zero-order valence-electron chi connectivity index (χ0n) is 33.1. The van der Waals surface area contributed by atoms with E-state index in [0.717, 1.165) is 88.2 Å². The van der Waals surface area contributed by atoms with E-state index < -0.39 is 21.2 Å². The fraction of sp³-hybridized carbons (Fsp3) is 0.279. The minimum Gasteiger partial charge on any atom is -0.491 e. The van der Waals surface area contributed by atoms with Gasteiger partial charge in [-0.15, -0.1) is 0 Å². The van der Waals surface area contributed by atoms with Gasteiger partial charge >= 0.3 is 5.69 Å². The van der Waals surface area contributed by atoms with Crippen LogP contribution >= 0.6 is 47.0 Å². The Kier molecular flexibility index (Phi) is 15.7. The van der Waals surface area contributed by atoms with E-state index in [-0.39, 0.29) is 5.69 Å². The van der Waals surface area contributed by atoms with Crippen LogP contribution < -0.4 is 24.4 Å². The van der Waals surface area contributed by atoms with Gasteiger partial charge in [-0.3, -0.25) is 25.7 Å². The highest BCUT2D eigenvalue weighted by molar-refractivity contribution is 8.01. The first-order valence-electron chi connectivity index (χ1n) is 19.3. The molecule has 1 N–H and O–H groups in total. The van der Waals surface area contributed by atoms with E-state index >= 15 is 0 Å². The van der Waals surface area contributed by atoms with Crippen LogP contribution in [0.4, 0.5) is 17.1 Å². The predicted molar refractivity (Wildman–Crippen MR) is 236 cm³/mol. The van der Waals surface area contributed by atoms with Gasteiger partial charge < -0.3 is 18.9 Å². The summed E-state index contributed by atoms with van der Waals surface area (Å²) < 4.78 is 26.3. The zero-order valence-corrected chi connectivity index (χ0v) is 36.3. The molecule has 0 saturated carbocycles. The Morgan fingerprint density at radius 3 is 1.41 bits per heavy atom. The highest BCUT2D eigenvalue weighted by atomic mass is 32.2. The third-order valence-electron chi connectivity index (χ3n) is 8.39. The van der Waals surface area contributed by atoms with Crippen molar-refractivity contribution in [2.24, 2.45) is 5.10 Å². The topological polar surface area (TPSA) is 148 Å². The largest absolute Gasteiger partial charge is 0.491 e. The Bertz CT molecular complexity index is 2330.